The number of hydrogen-bond donors (Lipinski definition) is 0. The van der Waals surface area contributed by atoms with E-state index in [4.69, 9.17) is 0 Å². The molecule has 1 fully saturated rings. The van der Waals surface area contributed by atoms with Crippen LogP contribution in [0.1, 0.15) is 49.1 Å². The molecule has 1 saturated carbocycles. The number of fused-ring (bicyclic) bond motifs is 1. The molecule has 0 saturated heterocycles. The van der Waals surface area contributed by atoms with Gasteiger partial charge in [0, 0.05) is 11.6 Å². The average Bonchev–Trinajstić information content (AvgIpc) is 2.63. The first-order valence-corrected chi connectivity index (χ1v) is 9.23. The standard InChI is InChI=1S/C23H26N/c1-17-9-6-7-12-19(17)23-22-14-8-13-20(18-10-4-3-5-11-18)21(22)15-16-24(23)2/h6-9,12-16,18H,3-5,10-11H2,1-2H3/q+1. The number of nitrogens with zero attached hydrogens (tertiary/aromatic N) is 1. The molecule has 0 atom stereocenters. The number of hydrogen-bond acceptors (Lipinski definition) is 0. The maximum atomic E-state index is 2.36. The van der Waals surface area contributed by atoms with E-state index in [1.165, 1.54) is 59.7 Å². The molecule has 2 aromatic carbocycles. The summed E-state index contributed by atoms with van der Waals surface area (Å²) < 4.78 is 2.27. The minimum Gasteiger partial charge on any atom is -0.200 e. The Bertz CT molecular complexity index is 872. The van der Waals surface area contributed by atoms with Crippen molar-refractivity contribution in [1.82, 2.24) is 0 Å². The molecule has 1 aromatic heterocycles. The Hall–Kier alpha value is -2.15. The highest BCUT2D eigenvalue weighted by atomic mass is 14.9. The van der Waals surface area contributed by atoms with Crippen LogP contribution in [0.25, 0.3) is 22.0 Å². The minimum atomic E-state index is 0.736. The summed E-state index contributed by atoms with van der Waals surface area (Å²) in [6.45, 7) is 2.21. The maximum Gasteiger partial charge on any atom is 0.220 e. The SMILES string of the molecule is Cc1ccccc1-c1c2cccc(C3CCCCC3)c2cc[n+]1C. The van der Waals surface area contributed by atoms with Gasteiger partial charge in [-0.15, -0.1) is 0 Å². The molecular weight excluding hydrogens is 290 g/mol. The van der Waals surface area contributed by atoms with Crippen LogP contribution >= 0.6 is 0 Å². The predicted octanol–water partition coefficient (Wildman–Crippen LogP) is 5.69. The molecular formula is C23H26N+. The Morgan fingerprint density at radius 1 is 0.833 bits per heavy atom. The number of pyridine rings is 1. The van der Waals surface area contributed by atoms with Crippen LogP contribution in [-0.4, -0.2) is 0 Å². The third-order valence-corrected chi connectivity index (χ3v) is 5.66. The lowest BCUT2D eigenvalue weighted by Crippen LogP contribution is -2.30. The predicted molar refractivity (Wildman–Crippen MR) is 101 cm³/mol. The van der Waals surface area contributed by atoms with Gasteiger partial charge in [-0.2, -0.15) is 0 Å². The van der Waals surface area contributed by atoms with Crippen molar-refractivity contribution in [3.05, 3.63) is 65.9 Å². The summed E-state index contributed by atoms with van der Waals surface area (Å²) in [5.41, 5.74) is 5.57. The molecule has 1 heterocycles. The second kappa shape index (κ2) is 6.39. The molecule has 0 unspecified atom stereocenters. The van der Waals surface area contributed by atoms with Gasteiger partial charge in [-0.3, -0.25) is 0 Å². The van der Waals surface area contributed by atoms with Crippen molar-refractivity contribution >= 4 is 10.8 Å². The van der Waals surface area contributed by atoms with Gasteiger partial charge < -0.3 is 0 Å². The van der Waals surface area contributed by atoms with Gasteiger partial charge >= 0.3 is 0 Å². The molecule has 1 aliphatic rings. The minimum absolute atomic E-state index is 0.736. The average molecular weight is 316 g/mol. The van der Waals surface area contributed by atoms with Gasteiger partial charge in [-0.25, -0.2) is 4.57 Å². The fourth-order valence-corrected chi connectivity index (χ4v) is 4.37. The molecule has 1 heteroatoms. The van der Waals surface area contributed by atoms with E-state index in [0.717, 1.165) is 5.92 Å². The van der Waals surface area contributed by atoms with Crippen LogP contribution < -0.4 is 4.57 Å². The van der Waals surface area contributed by atoms with Crippen molar-refractivity contribution in [2.45, 2.75) is 44.9 Å². The second-order valence-corrected chi connectivity index (χ2v) is 7.23. The van der Waals surface area contributed by atoms with Crippen molar-refractivity contribution in [2.75, 3.05) is 0 Å². The topological polar surface area (TPSA) is 3.88 Å². The number of aryl methyl sites for hydroxylation is 2. The first-order chi connectivity index (χ1) is 11.8. The van der Waals surface area contributed by atoms with Crippen LogP contribution in [0.15, 0.2) is 54.7 Å². The summed E-state index contributed by atoms with van der Waals surface area (Å²) in [6.07, 6.45) is 9.10. The van der Waals surface area contributed by atoms with E-state index in [1.807, 2.05) is 0 Å². The van der Waals surface area contributed by atoms with Crippen LogP contribution in [0.4, 0.5) is 0 Å². The summed E-state index contributed by atoms with van der Waals surface area (Å²) in [6, 6.07) is 18.0. The Morgan fingerprint density at radius 3 is 2.42 bits per heavy atom. The Labute approximate surface area is 145 Å². The van der Waals surface area contributed by atoms with Crippen LogP contribution in [0.3, 0.4) is 0 Å². The van der Waals surface area contributed by atoms with Crippen molar-refractivity contribution < 1.29 is 4.57 Å². The Kier molecular flexibility index (Phi) is 4.10. The molecule has 122 valence electrons. The quantitative estimate of drug-likeness (QED) is 0.535. The third kappa shape index (κ3) is 2.62. The third-order valence-electron chi connectivity index (χ3n) is 5.66. The lowest BCUT2D eigenvalue weighted by atomic mass is 9.82. The Balaban J connectivity index is 1.95. The second-order valence-electron chi connectivity index (χ2n) is 7.23. The number of aromatic nitrogens is 1. The lowest BCUT2D eigenvalue weighted by Gasteiger charge is -2.23. The van der Waals surface area contributed by atoms with E-state index in [1.54, 1.807) is 5.56 Å². The van der Waals surface area contributed by atoms with Gasteiger partial charge in [-0.05, 0) is 54.3 Å². The zero-order chi connectivity index (χ0) is 16.5. The largest absolute Gasteiger partial charge is 0.220 e. The van der Waals surface area contributed by atoms with Gasteiger partial charge in [0.1, 0.15) is 7.05 Å². The van der Waals surface area contributed by atoms with Crippen LogP contribution in [-0.2, 0) is 7.05 Å². The molecule has 1 nitrogen and oxygen atoms in total. The van der Waals surface area contributed by atoms with E-state index in [2.05, 4.69) is 73.3 Å². The molecule has 0 radical (unpaired) electrons. The zero-order valence-electron chi connectivity index (χ0n) is 14.8. The maximum absolute atomic E-state index is 2.36. The highest BCUT2D eigenvalue weighted by Crippen LogP contribution is 2.38. The molecule has 0 amide bonds. The fraction of sp³-hybridized carbons (Fsp3) is 0.348. The highest BCUT2D eigenvalue weighted by Gasteiger charge is 2.22. The van der Waals surface area contributed by atoms with Gasteiger partial charge in [0.2, 0.25) is 5.69 Å². The van der Waals surface area contributed by atoms with Crippen LogP contribution in [0.5, 0.6) is 0 Å². The smallest absolute Gasteiger partial charge is 0.200 e. The molecule has 3 aromatic rings. The van der Waals surface area contributed by atoms with E-state index >= 15 is 0 Å². The van der Waals surface area contributed by atoms with E-state index in [9.17, 15) is 0 Å². The molecule has 0 spiro atoms. The molecule has 4 rings (SSSR count). The monoisotopic (exact) mass is 316 g/mol. The van der Waals surface area contributed by atoms with Gasteiger partial charge in [0.15, 0.2) is 6.20 Å². The molecule has 1 aliphatic carbocycles. The summed E-state index contributed by atoms with van der Waals surface area (Å²) in [4.78, 5) is 0. The molecule has 24 heavy (non-hydrogen) atoms. The van der Waals surface area contributed by atoms with Crippen molar-refractivity contribution in [1.29, 1.82) is 0 Å². The van der Waals surface area contributed by atoms with Gasteiger partial charge in [0.05, 0.1) is 5.39 Å². The summed E-state index contributed by atoms with van der Waals surface area (Å²) in [7, 11) is 2.16. The van der Waals surface area contributed by atoms with E-state index in [0.29, 0.717) is 0 Å². The van der Waals surface area contributed by atoms with Crippen molar-refractivity contribution in [3.63, 3.8) is 0 Å². The Morgan fingerprint density at radius 2 is 1.62 bits per heavy atom. The normalized spacial score (nSPS) is 15.8. The van der Waals surface area contributed by atoms with Crippen molar-refractivity contribution in [3.8, 4) is 11.3 Å². The number of benzene rings is 2. The van der Waals surface area contributed by atoms with E-state index < -0.39 is 0 Å². The lowest BCUT2D eigenvalue weighted by molar-refractivity contribution is -0.659. The van der Waals surface area contributed by atoms with Crippen molar-refractivity contribution in [2.24, 2.45) is 7.05 Å². The molecule has 0 bridgehead atoms. The van der Waals surface area contributed by atoms with Gasteiger partial charge in [-0.1, -0.05) is 49.6 Å². The first kappa shape index (κ1) is 15.4. The summed E-state index contributed by atoms with van der Waals surface area (Å²) >= 11 is 0. The fourth-order valence-electron chi connectivity index (χ4n) is 4.37. The number of rotatable bonds is 2. The van der Waals surface area contributed by atoms with E-state index in [-0.39, 0.29) is 0 Å². The van der Waals surface area contributed by atoms with Gasteiger partial charge in [0.25, 0.3) is 0 Å². The first-order valence-electron chi connectivity index (χ1n) is 9.23. The summed E-state index contributed by atoms with van der Waals surface area (Å²) in [5.74, 6) is 0.736. The molecule has 0 N–H and O–H groups in total. The van der Waals surface area contributed by atoms with Crippen LogP contribution in [0, 0.1) is 6.92 Å². The van der Waals surface area contributed by atoms with Crippen LogP contribution in [0.2, 0.25) is 0 Å². The highest BCUT2D eigenvalue weighted by molar-refractivity contribution is 5.95. The molecule has 0 aliphatic heterocycles. The zero-order valence-corrected chi connectivity index (χ0v) is 14.8. The summed E-state index contributed by atoms with van der Waals surface area (Å²) in [5, 5.41) is 2.83.